The molecule has 0 saturated heterocycles. The van der Waals surface area contributed by atoms with E-state index in [1.165, 1.54) is 0 Å². The van der Waals surface area contributed by atoms with E-state index in [0.29, 0.717) is 6.54 Å². The van der Waals surface area contributed by atoms with E-state index in [1.54, 1.807) is 0 Å². The van der Waals surface area contributed by atoms with Gasteiger partial charge < -0.3 is 5.32 Å². The number of halogens is 3. The first kappa shape index (κ1) is 12.0. The zero-order chi connectivity index (χ0) is 11.1. The molecule has 0 unspecified atom stereocenters. The highest BCUT2D eigenvalue weighted by molar-refractivity contribution is 5.14. The number of alkyl halides is 3. The largest absolute Gasteiger partial charge is 0.522 e. The Labute approximate surface area is 86.1 Å². The molecule has 0 amide bonds. The number of nitrogens with one attached hydrogen (secondary N) is 1. The molecular weight excluding hydrogens is 207 g/mol. The molecule has 0 aliphatic heterocycles. The molecule has 0 heterocycles. The van der Waals surface area contributed by atoms with Crippen LogP contribution in [0.4, 0.5) is 13.2 Å². The minimum absolute atomic E-state index is 0.175. The number of hydrogen-bond donors (Lipinski definition) is 1. The van der Waals surface area contributed by atoms with Crippen LogP contribution in [0.25, 0.3) is 0 Å². The quantitative estimate of drug-likeness (QED) is 0.767. The molecule has 0 saturated carbocycles. The molecule has 2 nitrogen and oxygen atoms in total. The van der Waals surface area contributed by atoms with Gasteiger partial charge in [-0.1, -0.05) is 30.3 Å². The highest BCUT2D eigenvalue weighted by Gasteiger charge is 2.28. The maximum absolute atomic E-state index is 11.6. The fourth-order valence-electron chi connectivity index (χ4n) is 1.07. The number of hydrogen-bond acceptors (Lipinski definition) is 2. The summed E-state index contributed by atoms with van der Waals surface area (Å²) in [6.45, 7) is 0.354. The van der Waals surface area contributed by atoms with Gasteiger partial charge in [0, 0.05) is 13.1 Å². The zero-order valence-electron chi connectivity index (χ0n) is 8.05. The second-order valence-corrected chi connectivity index (χ2v) is 2.96. The van der Waals surface area contributed by atoms with Gasteiger partial charge in [0.05, 0.1) is 6.61 Å². The first-order valence-corrected chi connectivity index (χ1v) is 4.53. The van der Waals surface area contributed by atoms with Crippen LogP contribution in [0.5, 0.6) is 0 Å². The third kappa shape index (κ3) is 6.09. The van der Waals surface area contributed by atoms with Gasteiger partial charge in [-0.2, -0.15) is 0 Å². The summed E-state index contributed by atoms with van der Waals surface area (Å²) >= 11 is 0. The van der Waals surface area contributed by atoms with Crippen LogP contribution in [0.15, 0.2) is 30.3 Å². The smallest absolute Gasteiger partial charge is 0.310 e. The van der Waals surface area contributed by atoms with Gasteiger partial charge in [-0.3, -0.25) is 4.74 Å². The Morgan fingerprint density at radius 2 is 1.80 bits per heavy atom. The van der Waals surface area contributed by atoms with E-state index in [9.17, 15) is 13.2 Å². The van der Waals surface area contributed by atoms with Crippen molar-refractivity contribution < 1.29 is 17.9 Å². The lowest BCUT2D eigenvalue weighted by Crippen LogP contribution is -2.23. The van der Waals surface area contributed by atoms with E-state index < -0.39 is 6.36 Å². The van der Waals surface area contributed by atoms with E-state index in [4.69, 9.17) is 0 Å². The second-order valence-electron chi connectivity index (χ2n) is 2.96. The van der Waals surface area contributed by atoms with E-state index in [2.05, 4.69) is 10.1 Å². The van der Waals surface area contributed by atoms with Crippen molar-refractivity contribution in [1.82, 2.24) is 5.32 Å². The molecule has 0 aliphatic rings. The fourth-order valence-corrected chi connectivity index (χ4v) is 1.07. The van der Waals surface area contributed by atoms with Gasteiger partial charge in [0.1, 0.15) is 0 Å². The molecule has 0 radical (unpaired) electrons. The van der Waals surface area contributed by atoms with Gasteiger partial charge in [-0.05, 0) is 5.56 Å². The molecule has 5 heteroatoms. The SMILES string of the molecule is FC(F)(F)OCCNCc1ccccc1. The fraction of sp³-hybridized carbons (Fsp3) is 0.400. The predicted molar refractivity (Wildman–Crippen MR) is 50.2 cm³/mol. The van der Waals surface area contributed by atoms with Crippen LogP contribution in [-0.2, 0) is 11.3 Å². The van der Waals surface area contributed by atoms with E-state index >= 15 is 0 Å². The molecule has 0 aromatic heterocycles. The monoisotopic (exact) mass is 219 g/mol. The summed E-state index contributed by atoms with van der Waals surface area (Å²) < 4.78 is 38.3. The molecule has 0 atom stereocenters. The van der Waals surface area contributed by atoms with Gasteiger partial charge in [-0.25, -0.2) is 0 Å². The van der Waals surface area contributed by atoms with E-state index in [0.717, 1.165) is 5.56 Å². The van der Waals surface area contributed by atoms with Crippen LogP contribution in [0.2, 0.25) is 0 Å². The van der Waals surface area contributed by atoms with Crippen molar-refractivity contribution in [3.8, 4) is 0 Å². The minimum atomic E-state index is -4.53. The number of benzene rings is 1. The Kier molecular flexibility index (Phi) is 4.58. The lowest BCUT2D eigenvalue weighted by atomic mass is 10.2. The van der Waals surface area contributed by atoms with Crippen molar-refractivity contribution in [3.05, 3.63) is 35.9 Å². The molecule has 1 rings (SSSR count). The first-order valence-electron chi connectivity index (χ1n) is 4.53. The molecular formula is C10H12F3NO. The van der Waals surface area contributed by atoms with Gasteiger partial charge >= 0.3 is 6.36 Å². The van der Waals surface area contributed by atoms with Crippen LogP contribution in [0, 0.1) is 0 Å². The molecule has 1 aromatic rings. The summed E-state index contributed by atoms with van der Waals surface area (Å²) in [4.78, 5) is 0. The minimum Gasteiger partial charge on any atom is -0.310 e. The Morgan fingerprint density at radius 1 is 1.13 bits per heavy atom. The summed E-state index contributed by atoms with van der Waals surface area (Å²) in [5.41, 5.74) is 1.03. The zero-order valence-corrected chi connectivity index (χ0v) is 8.05. The summed E-state index contributed by atoms with van der Waals surface area (Å²) in [5.74, 6) is 0. The molecule has 0 aliphatic carbocycles. The van der Waals surface area contributed by atoms with Gasteiger partial charge in [-0.15, -0.1) is 13.2 Å². The van der Waals surface area contributed by atoms with Gasteiger partial charge in [0.25, 0.3) is 0 Å². The average Bonchev–Trinajstić information content (AvgIpc) is 2.17. The molecule has 0 bridgehead atoms. The number of rotatable bonds is 5. The third-order valence-electron chi connectivity index (χ3n) is 1.72. The van der Waals surface area contributed by atoms with Gasteiger partial charge in [0.15, 0.2) is 0 Å². The van der Waals surface area contributed by atoms with Crippen molar-refractivity contribution >= 4 is 0 Å². The maximum atomic E-state index is 11.6. The maximum Gasteiger partial charge on any atom is 0.522 e. The molecule has 1 N–H and O–H groups in total. The molecule has 0 spiro atoms. The van der Waals surface area contributed by atoms with E-state index in [1.807, 2.05) is 30.3 Å². The van der Waals surface area contributed by atoms with Crippen molar-refractivity contribution in [2.75, 3.05) is 13.2 Å². The summed E-state index contributed by atoms with van der Waals surface area (Å²) in [6, 6.07) is 9.44. The Hall–Kier alpha value is -1.07. The van der Waals surface area contributed by atoms with E-state index in [-0.39, 0.29) is 13.2 Å². The average molecular weight is 219 g/mol. The van der Waals surface area contributed by atoms with Crippen LogP contribution in [0.1, 0.15) is 5.56 Å². The molecule has 15 heavy (non-hydrogen) atoms. The van der Waals surface area contributed by atoms with Crippen LogP contribution in [-0.4, -0.2) is 19.5 Å². The van der Waals surface area contributed by atoms with Crippen molar-refractivity contribution in [1.29, 1.82) is 0 Å². The van der Waals surface area contributed by atoms with Crippen LogP contribution >= 0.6 is 0 Å². The Morgan fingerprint density at radius 3 is 2.40 bits per heavy atom. The highest BCUT2D eigenvalue weighted by Crippen LogP contribution is 2.15. The topological polar surface area (TPSA) is 21.3 Å². The van der Waals surface area contributed by atoms with Crippen LogP contribution < -0.4 is 5.32 Å². The third-order valence-corrected chi connectivity index (χ3v) is 1.72. The highest BCUT2D eigenvalue weighted by atomic mass is 19.4. The molecule has 0 fully saturated rings. The summed E-state index contributed by atoms with van der Waals surface area (Å²) in [5, 5.41) is 2.85. The van der Waals surface area contributed by atoms with Crippen LogP contribution in [0.3, 0.4) is 0 Å². The lowest BCUT2D eigenvalue weighted by molar-refractivity contribution is -0.323. The summed E-state index contributed by atoms with van der Waals surface area (Å²) in [6.07, 6.45) is -4.53. The lowest BCUT2D eigenvalue weighted by Gasteiger charge is -2.08. The van der Waals surface area contributed by atoms with Crippen molar-refractivity contribution in [3.63, 3.8) is 0 Å². The standard InChI is InChI=1S/C10H12F3NO/c11-10(12,13)15-7-6-14-8-9-4-2-1-3-5-9/h1-5,14H,6-8H2. The molecule has 84 valence electrons. The van der Waals surface area contributed by atoms with Crippen molar-refractivity contribution in [2.45, 2.75) is 12.9 Å². The normalized spacial score (nSPS) is 11.7. The summed E-state index contributed by atoms with van der Waals surface area (Å²) in [7, 11) is 0. The Balaban J connectivity index is 2.08. The second kappa shape index (κ2) is 5.72. The predicted octanol–water partition coefficient (Wildman–Crippen LogP) is 2.31. The number of ether oxygens (including phenoxy) is 1. The first-order chi connectivity index (χ1) is 7.08. The molecule has 1 aromatic carbocycles. The Bertz CT molecular complexity index is 274. The van der Waals surface area contributed by atoms with Crippen molar-refractivity contribution in [2.24, 2.45) is 0 Å². The van der Waals surface area contributed by atoms with Gasteiger partial charge in [0.2, 0.25) is 0 Å².